The number of hydrogen-bond donors (Lipinski definition) is 1. The Morgan fingerprint density at radius 2 is 1.66 bits per heavy atom. The summed E-state index contributed by atoms with van der Waals surface area (Å²) in [6.45, 7) is -0.111. The Labute approximate surface area is 190 Å². The van der Waals surface area contributed by atoms with Gasteiger partial charge in [-0.15, -0.1) is 0 Å². The third-order valence-corrected chi connectivity index (χ3v) is 7.39. The maximum atomic E-state index is 13.3. The number of benzene rings is 2. The van der Waals surface area contributed by atoms with E-state index in [0.29, 0.717) is 12.2 Å². The van der Waals surface area contributed by atoms with Crippen LogP contribution < -0.4 is 10.2 Å². The predicted octanol–water partition coefficient (Wildman–Crippen LogP) is 3.76. The summed E-state index contributed by atoms with van der Waals surface area (Å²) in [5.74, 6) is 0.128. The number of rotatable bonds is 9. The maximum Gasteiger partial charge on any atom is 0.255 e. The van der Waals surface area contributed by atoms with Crippen LogP contribution in [0.2, 0.25) is 0 Å². The van der Waals surface area contributed by atoms with E-state index in [9.17, 15) is 13.2 Å². The molecule has 1 N–H and O–H groups in total. The molecule has 0 bridgehead atoms. The number of carbonyl (C=O) groups is 1. The Morgan fingerprint density at radius 1 is 1.00 bits per heavy atom. The summed E-state index contributed by atoms with van der Waals surface area (Å²) in [6, 6.07) is 15.8. The molecule has 0 unspecified atom stereocenters. The number of carbonyl (C=O) groups excluding carboxylic acids is 1. The third-order valence-electron chi connectivity index (χ3n) is 5.53. The Balaban J connectivity index is 1.74. The highest BCUT2D eigenvalue weighted by atomic mass is 32.2. The van der Waals surface area contributed by atoms with E-state index in [0.717, 1.165) is 37.0 Å². The van der Waals surface area contributed by atoms with Crippen molar-refractivity contribution in [2.75, 3.05) is 20.2 Å². The molecule has 0 heterocycles. The second-order valence-electron chi connectivity index (χ2n) is 7.88. The Hall–Kier alpha value is -2.71. The number of sulfonamides is 1. The molecule has 0 aromatic heterocycles. The fraction of sp³-hybridized carbons (Fsp3) is 0.417. The summed E-state index contributed by atoms with van der Waals surface area (Å²) in [4.78, 5) is 12.7. The Kier molecular flexibility index (Phi) is 8.81. The minimum atomic E-state index is -3.87. The van der Waals surface area contributed by atoms with Gasteiger partial charge in [-0.2, -0.15) is 9.41 Å². The monoisotopic (exact) mass is 457 g/mol. The average molecular weight is 458 g/mol. The zero-order chi connectivity index (χ0) is 22.8. The molecule has 1 fully saturated rings. The molecule has 7 nitrogen and oxygen atoms in total. The first-order valence-electron chi connectivity index (χ1n) is 11.0. The lowest BCUT2D eigenvalue weighted by atomic mass is 10.1. The number of nitrogens with zero attached hydrogens (tertiary/aromatic N) is 2. The minimum Gasteiger partial charge on any atom is -0.497 e. The number of ether oxygens (including phenoxy) is 1. The molecule has 32 heavy (non-hydrogen) atoms. The van der Waals surface area contributed by atoms with Crippen molar-refractivity contribution in [2.45, 2.75) is 49.8 Å². The first kappa shape index (κ1) is 23.9. The van der Waals surface area contributed by atoms with E-state index in [1.807, 2.05) is 30.3 Å². The smallest absolute Gasteiger partial charge is 0.255 e. The van der Waals surface area contributed by atoms with Gasteiger partial charge in [-0.25, -0.2) is 13.8 Å². The maximum absolute atomic E-state index is 13.3. The highest BCUT2D eigenvalue weighted by Gasteiger charge is 2.26. The second-order valence-corrected chi connectivity index (χ2v) is 9.81. The van der Waals surface area contributed by atoms with Gasteiger partial charge in [0.2, 0.25) is 10.0 Å². The molecule has 1 aliphatic carbocycles. The summed E-state index contributed by atoms with van der Waals surface area (Å²) >= 11 is 0. The van der Waals surface area contributed by atoms with Gasteiger partial charge in [0, 0.05) is 12.3 Å². The molecule has 1 saturated carbocycles. The summed E-state index contributed by atoms with van der Waals surface area (Å²) < 4.78 is 33.0. The third kappa shape index (κ3) is 6.90. The van der Waals surface area contributed by atoms with Crippen LogP contribution in [0, 0.1) is 0 Å². The fourth-order valence-corrected chi connectivity index (χ4v) is 5.06. The van der Waals surface area contributed by atoms with Crippen molar-refractivity contribution in [1.29, 1.82) is 0 Å². The van der Waals surface area contributed by atoms with Gasteiger partial charge < -0.3 is 4.74 Å². The first-order chi connectivity index (χ1) is 15.5. The number of methoxy groups -OCH3 is 1. The van der Waals surface area contributed by atoms with E-state index in [4.69, 9.17) is 4.74 Å². The van der Waals surface area contributed by atoms with Gasteiger partial charge in [0.25, 0.3) is 5.91 Å². The van der Waals surface area contributed by atoms with Crippen LogP contribution in [0.1, 0.15) is 44.1 Å². The van der Waals surface area contributed by atoms with Crippen molar-refractivity contribution in [3.8, 4) is 5.75 Å². The van der Waals surface area contributed by atoms with Crippen molar-refractivity contribution in [3.05, 3.63) is 60.2 Å². The molecule has 0 atom stereocenters. The molecule has 1 aliphatic rings. The summed E-state index contributed by atoms with van der Waals surface area (Å²) in [6.07, 6.45) is 6.76. The van der Waals surface area contributed by atoms with Crippen LogP contribution in [0.25, 0.3) is 0 Å². The van der Waals surface area contributed by atoms with E-state index in [1.165, 1.54) is 36.4 Å². The van der Waals surface area contributed by atoms with Crippen LogP contribution in [-0.4, -0.2) is 44.5 Å². The van der Waals surface area contributed by atoms with Gasteiger partial charge >= 0.3 is 0 Å². The molecule has 2 aromatic rings. The van der Waals surface area contributed by atoms with E-state index < -0.39 is 15.9 Å². The number of nitrogens with one attached hydrogen (secondary N) is 1. The van der Waals surface area contributed by atoms with E-state index in [1.54, 1.807) is 12.1 Å². The molecule has 3 rings (SSSR count). The van der Waals surface area contributed by atoms with Crippen LogP contribution in [0.4, 0.5) is 0 Å². The Bertz CT molecular complexity index is 995. The SMILES string of the molecule is COc1ccc(S(=O)(=O)N(CCc2ccccc2)CC(=O)NN=C2CCCCCC2)cc1. The van der Waals surface area contributed by atoms with Gasteiger partial charge in [0.15, 0.2) is 0 Å². The number of amides is 1. The zero-order valence-corrected chi connectivity index (χ0v) is 19.3. The number of hydrazone groups is 1. The highest BCUT2D eigenvalue weighted by molar-refractivity contribution is 7.89. The molecule has 0 saturated heterocycles. The lowest BCUT2D eigenvalue weighted by Gasteiger charge is -2.21. The van der Waals surface area contributed by atoms with Crippen LogP contribution in [0.15, 0.2) is 64.6 Å². The van der Waals surface area contributed by atoms with Crippen LogP contribution in [-0.2, 0) is 21.2 Å². The van der Waals surface area contributed by atoms with Crippen molar-refractivity contribution in [2.24, 2.45) is 5.10 Å². The van der Waals surface area contributed by atoms with Crippen molar-refractivity contribution in [3.63, 3.8) is 0 Å². The standard InChI is InChI=1S/C24H31N3O4S/c1-31-22-13-15-23(16-14-22)32(29,30)27(18-17-20-9-5-4-6-10-20)19-24(28)26-25-21-11-7-2-3-8-12-21/h4-6,9-10,13-16H,2-3,7-8,11-12,17-19H2,1H3,(H,26,28). The van der Waals surface area contributed by atoms with Crippen LogP contribution in [0.3, 0.4) is 0 Å². The average Bonchev–Trinajstić information content (AvgIpc) is 3.10. The topological polar surface area (TPSA) is 88.1 Å². The highest BCUT2D eigenvalue weighted by Crippen LogP contribution is 2.20. The largest absolute Gasteiger partial charge is 0.497 e. The Morgan fingerprint density at radius 3 is 2.28 bits per heavy atom. The van der Waals surface area contributed by atoms with Crippen LogP contribution >= 0.6 is 0 Å². The van der Waals surface area contributed by atoms with Gasteiger partial charge in [-0.1, -0.05) is 43.2 Å². The van der Waals surface area contributed by atoms with Gasteiger partial charge in [0.05, 0.1) is 18.6 Å². The fourth-order valence-electron chi connectivity index (χ4n) is 3.66. The molecule has 0 aliphatic heterocycles. The molecular formula is C24H31N3O4S. The predicted molar refractivity (Wildman–Crippen MR) is 125 cm³/mol. The quantitative estimate of drug-likeness (QED) is 0.459. The summed E-state index contributed by atoms with van der Waals surface area (Å²) in [5, 5.41) is 4.27. The molecule has 2 aromatic carbocycles. The van der Waals surface area contributed by atoms with Gasteiger partial charge in [0.1, 0.15) is 5.75 Å². The van der Waals surface area contributed by atoms with Crippen molar-refractivity contribution >= 4 is 21.6 Å². The zero-order valence-electron chi connectivity index (χ0n) is 18.5. The molecular weight excluding hydrogens is 426 g/mol. The summed E-state index contributed by atoms with van der Waals surface area (Å²) in [5.41, 5.74) is 4.55. The van der Waals surface area contributed by atoms with Crippen molar-refractivity contribution < 1.29 is 17.9 Å². The lowest BCUT2D eigenvalue weighted by molar-refractivity contribution is -0.121. The van der Waals surface area contributed by atoms with Crippen molar-refractivity contribution in [1.82, 2.24) is 9.73 Å². The summed E-state index contributed by atoms with van der Waals surface area (Å²) in [7, 11) is -2.35. The normalized spacial score (nSPS) is 14.6. The van der Waals surface area contributed by atoms with E-state index in [2.05, 4.69) is 10.5 Å². The molecule has 0 radical (unpaired) electrons. The number of hydrogen-bond acceptors (Lipinski definition) is 5. The van der Waals surface area contributed by atoms with Gasteiger partial charge in [-0.3, -0.25) is 4.79 Å². The molecule has 8 heteroatoms. The molecule has 172 valence electrons. The first-order valence-corrected chi connectivity index (χ1v) is 12.5. The second kappa shape index (κ2) is 11.8. The van der Waals surface area contributed by atoms with E-state index >= 15 is 0 Å². The molecule has 0 spiro atoms. The van der Waals surface area contributed by atoms with Crippen LogP contribution in [0.5, 0.6) is 5.75 Å². The van der Waals surface area contributed by atoms with E-state index in [-0.39, 0.29) is 18.0 Å². The lowest BCUT2D eigenvalue weighted by Crippen LogP contribution is -2.40. The van der Waals surface area contributed by atoms with Gasteiger partial charge in [-0.05, 0) is 61.9 Å². The molecule has 1 amide bonds. The minimum absolute atomic E-state index is 0.120.